The van der Waals surface area contributed by atoms with Crippen LogP contribution < -0.4 is 9.47 Å². The van der Waals surface area contributed by atoms with Crippen molar-refractivity contribution in [3.8, 4) is 11.5 Å². The third kappa shape index (κ3) is 7.93. The number of carboxylic acids is 1. The number of halogens is 3. The predicted octanol–water partition coefficient (Wildman–Crippen LogP) is 5.70. The smallest absolute Gasteiger partial charge is 0.341 e. The first-order valence-corrected chi connectivity index (χ1v) is 10.9. The third-order valence-corrected chi connectivity index (χ3v) is 5.75. The summed E-state index contributed by atoms with van der Waals surface area (Å²) in [6.45, 7) is 2.55. The molecule has 4 nitrogen and oxygen atoms in total. The minimum Gasteiger partial charge on any atom is -0.491 e. The molecule has 0 unspecified atom stereocenters. The van der Waals surface area contributed by atoms with Crippen LogP contribution in [0.25, 0.3) is 0 Å². The van der Waals surface area contributed by atoms with E-state index < -0.39 is 5.97 Å². The van der Waals surface area contributed by atoms with Gasteiger partial charge in [0.25, 0.3) is 0 Å². The van der Waals surface area contributed by atoms with Gasteiger partial charge in [-0.3, -0.25) is 0 Å². The summed E-state index contributed by atoms with van der Waals surface area (Å²) >= 11 is 6.56. The fraction of sp³-hybridized carbons (Fsp3) is 0.562. The van der Waals surface area contributed by atoms with Gasteiger partial charge in [-0.1, -0.05) is 39.0 Å². The molecule has 23 heavy (non-hydrogen) atoms. The van der Waals surface area contributed by atoms with Gasteiger partial charge >= 0.3 is 5.97 Å². The summed E-state index contributed by atoms with van der Waals surface area (Å²) < 4.78 is 14.1. The quantitative estimate of drug-likeness (QED) is 0.245. The van der Waals surface area contributed by atoms with Crippen LogP contribution in [0, 0.1) is 10.7 Å². The molecule has 0 bridgehead atoms. The second kappa shape index (κ2) is 11.9. The lowest BCUT2D eigenvalue weighted by atomic mass is 10.1. The minimum atomic E-state index is -0.982. The van der Waals surface area contributed by atoms with Gasteiger partial charge in [0.05, 0.1) is 17.3 Å². The van der Waals surface area contributed by atoms with Crippen LogP contribution in [0.1, 0.15) is 45.4 Å². The Morgan fingerprint density at radius 1 is 1.00 bits per heavy atom. The van der Waals surface area contributed by atoms with Gasteiger partial charge in [0.1, 0.15) is 5.75 Å². The number of carbonyl (C=O) groups is 1. The van der Waals surface area contributed by atoms with E-state index in [1.807, 2.05) is 6.07 Å². The topological polar surface area (TPSA) is 55.8 Å². The molecular formula is C16H21I3O4. The maximum Gasteiger partial charge on any atom is 0.341 e. The van der Waals surface area contributed by atoms with E-state index in [4.69, 9.17) is 14.6 Å². The minimum absolute atomic E-state index is 0.344. The molecule has 0 aliphatic rings. The van der Waals surface area contributed by atoms with E-state index in [0.29, 0.717) is 12.4 Å². The van der Waals surface area contributed by atoms with E-state index >= 15 is 0 Å². The summed E-state index contributed by atoms with van der Waals surface area (Å²) in [4.78, 5) is 10.7. The molecule has 0 saturated carbocycles. The van der Waals surface area contributed by atoms with Crippen molar-refractivity contribution in [2.45, 2.75) is 45.4 Å². The number of hydrogen-bond donors (Lipinski definition) is 1. The van der Waals surface area contributed by atoms with Crippen molar-refractivity contribution in [3.63, 3.8) is 0 Å². The van der Waals surface area contributed by atoms with E-state index in [9.17, 15) is 4.79 Å². The zero-order valence-electron chi connectivity index (χ0n) is 13.0. The molecule has 0 amide bonds. The molecule has 0 aliphatic heterocycles. The first-order chi connectivity index (χ1) is 11.0. The molecule has 0 aliphatic carbocycles. The van der Waals surface area contributed by atoms with Crippen LogP contribution in [0.4, 0.5) is 0 Å². The SMILES string of the molecule is CCCCCCCCOc1c(I)cc(I)c(OCC(=O)O)c1I. The summed E-state index contributed by atoms with van der Waals surface area (Å²) in [5.41, 5.74) is 0. The maximum absolute atomic E-state index is 10.7. The van der Waals surface area contributed by atoms with E-state index in [1.165, 1.54) is 32.1 Å². The van der Waals surface area contributed by atoms with E-state index in [1.54, 1.807) is 0 Å². The monoisotopic (exact) mass is 658 g/mol. The van der Waals surface area contributed by atoms with Crippen LogP contribution in [0.5, 0.6) is 11.5 Å². The molecule has 0 fully saturated rings. The first kappa shape index (κ1) is 21.5. The highest BCUT2D eigenvalue weighted by molar-refractivity contribution is 14.1. The molecule has 7 heteroatoms. The lowest BCUT2D eigenvalue weighted by Gasteiger charge is -2.15. The molecule has 0 saturated heterocycles. The van der Waals surface area contributed by atoms with Crippen molar-refractivity contribution >= 4 is 73.7 Å². The number of hydrogen-bond acceptors (Lipinski definition) is 3. The summed E-state index contributed by atoms with van der Waals surface area (Å²) in [6.07, 6.45) is 7.33. The van der Waals surface area contributed by atoms with Gasteiger partial charge in [-0.05, 0) is 80.3 Å². The van der Waals surface area contributed by atoms with E-state index in [-0.39, 0.29) is 6.61 Å². The largest absolute Gasteiger partial charge is 0.491 e. The molecule has 1 N–H and O–H groups in total. The Morgan fingerprint density at radius 2 is 1.57 bits per heavy atom. The van der Waals surface area contributed by atoms with E-state index in [2.05, 4.69) is 74.7 Å². The van der Waals surface area contributed by atoms with Crippen molar-refractivity contribution in [1.29, 1.82) is 0 Å². The first-order valence-electron chi connectivity index (χ1n) is 7.62. The molecule has 130 valence electrons. The highest BCUT2D eigenvalue weighted by Crippen LogP contribution is 2.38. The van der Waals surface area contributed by atoms with Crippen molar-refractivity contribution in [2.24, 2.45) is 0 Å². The standard InChI is InChI=1S/C16H21I3O4/c1-2-3-4-5-6-7-8-22-15-11(17)9-12(18)16(14(15)19)23-10-13(20)21/h9H,2-8,10H2,1H3,(H,20,21). The molecular weight excluding hydrogens is 637 g/mol. The Hall–Kier alpha value is 0.480. The summed E-state index contributed by atoms with van der Waals surface area (Å²) in [5.74, 6) is 0.400. The van der Waals surface area contributed by atoms with Crippen LogP contribution in [0.2, 0.25) is 0 Å². The molecule has 0 spiro atoms. The third-order valence-electron chi connectivity index (χ3n) is 3.17. The van der Waals surface area contributed by atoms with Crippen molar-refractivity contribution in [1.82, 2.24) is 0 Å². The molecule has 0 atom stereocenters. The molecule has 0 radical (unpaired) electrons. The Morgan fingerprint density at radius 3 is 2.17 bits per heavy atom. The van der Waals surface area contributed by atoms with Gasteiger partial charge in [-0.2, -0.15) is 0 Å². The highest BCUT2D eigenvalue weighted by atomic mass is 127. The molecule has 1 aromatic rings. The highest BCUT2D eigenvalue weighted by Gasteiger charge is 2.17. The Kier molecular flexibility index (Phi) is 11.2. The maximum atomic E-state index is 10.7. The van der Waals surface area contributed by atoms with Crippen LogP contribution >= 0.6 is 67.8 Å². The van der Waals surface area contributed by atoms with Crippen LogP contribution in [-0.4, -0.2) is 24.3 Å². The number of aliphatic carboxylic acids is 1. The Balaban J connectivity index is 2.60. The second-order valence-electron chi connectivity index (χ2n) is 5.11. The number of benzene rings is 1. The summed E-state index contributed by atoms with van der Waals surface area (Å²) in [6, 6.07) is 1.96. The Bertz CT molecular complexity index is 521. The van der Waals surface area contributed by atoms with Crippen LogP contribution in [-0.2, 0) is 4.79 Å². The number of carboxylic acid groups (broad SMARTS) is 1. The van der Waals surface area contributed by atoms with Gasteiger partial charge in [-0.15, -0.1) is 0 Å². The zero-order chi connectivity index (χ0) is 17.2. The van der Waals surface area contributed by atoms with Crippen molar-refractivity contribution in [2.75, 3.05) is 13.2 Å². The van der Waals surface area contributed by atoms with Gasteiger partial charge in [-0.25, -0.2) is 4.79 Å². The Labute approximate surface area is 178 Å². The lowest BCUT2D eigenvalue weighted by Crippen LogP contribution is -2.12. The van der Waals surface area contributed by atoms with Crippen LogP contribution in [0.3, 0.4) is 0 Å². The predicted molar refractivity (Wildman–Crippen MR) is 117 cm³/mol. The average molecular weight is 658 g/mol. The fourth-order valence-corrected chi connectivity index (χ4v) is 6.00. The fourth-order valence-electron chi connectivity index (χ4n) is 2.01. The van der Waals surface area contributed by atoms with E-state index in [0.717, 1.165) is 22.9 Å². The number of rotatable bonds is 11. The van der Waals surface area contributed by atoms with Gasteiger partial charge < -0.3 is 14.6 Å². The van der Waals surface area contributed by atoms with Crippen molar-refractivity contribution < 1.29 is 19.4 Å². The molecule has 1 rings (SSSR count). The zero-order valence-corrected chi connectivity index (χ0v) is 19.5. The van der Waals surface area contributed by atoms with Gasteiger partial charge in [0.15, 0.2) is 12.4 Å². The number of unbranched alkanes of at least 4 members (excludes halogenated alkanes) is 5. The normalized spacial score (nSPS) is 10.6. The van der Waals surface area contributed by atoms with Gasteiger partial charge in [0, 0.05) is 0 Å². The summed E-state index contributed by atoms with van der Waals surface area (Å²) in [7, 11) is 0. The molecule has 0 aromatic heterocycles. The van der Waals surface area contributed by atoms with Gasteiger partial charge in [0.2, 0.25) is 0 Å². The van der Waals surface area contributed by atoms with Crippen LogP contribution in [0.15, 0.2) is 6.07 Å². The van der Waals surface area contributed by atoms with Crippen molar-refractivity contribution in [3.05, 3.63) is 16.8 Å². The summed E-state index contributed by atoms with van der Waals surface area (Å²) in [5, 5.41) is 8.78. The molecule has 1 aromatic carbocycles. The lowest BCUT2D eigenvalue weighted by molar-refractivity contribution is -0.139. The molecule has 0 heterocycles. The average Bonchev–Trinajstić information content (AvgIpc) is 2.48. The second-order valence-corrected chi connectivity index (χ2v) is 8.51. The number of ether oxygens (including phenoxy) is 2.